The number of fused-ring (bicyclic) bond motifs is 1. The number of carbonyl (C=O) groups excluding carboxylic acids is 1. The van der Waals surface area contributed by atoms with Crippen molar-refractivity contribution in [3.8, 4) is 0 Å². The largest absolute Gasteiger partial charge is 0.373 e. The molecule has 2 aliphatic rings. The Bertz CT molecular complexity index is 446. The van der Waals surface area contributed by atoms with Crippen LogP contribution < -0.4 is 0 Å². The SMILES string of the molecule is CC(=O)C1(CC2OCCc3ccccc32)CC1. The van der Waals surface area contributed by atoms with Crippen LogP contribution in [0.25, 0.3) is 0 Å². The smallest absolute Gasteiger partial charge is 0.136 e. The molecule has 1 aromatic carbocycles. The second kappa shape index (κ2) is 3.95. The molecule has 2 heteroatoms. The maximum absolute atomic E-state index is 11.7. The standard InChI is InChI=1S/C15H18O2/c1-11(16)15(7-8-15)10-14-13-5-3-2-4-12(13)6-9-17-14/h2-5,14H,6-10H2,1H3. The lowest BCUT2D eigenvalue weighted by molar-refractivity contribution is -0.123. The Balaban J connectivity index is 1.84. The van der Waals surface area contributed by atoms with Crippen molar-refractivity contribution in [1.82, 2.24) is 0 Å². The zero-order chi connectivity index (χ0) is 11.9. The molecule has 17 heavy (non-hydrogen) atoms. The van der Waals surface area contributed by atoms with Gasteiger partial charge in [-0.05, 0) is 43.7 Å². The number of carbonyl (C=O) groups is 1. The third-order valence-electron chi connectivity index (χ3n) is 4.27. The topological polar surface area (TPSA) is 26.3 Å². The van der Waals surface area contributed by atoms with Crippen molar-refractivity contribution >= 4 is 5.78 Å². The first-order chi connectivity index (χ1) is 8.21. The van der Waals surface area contributed by atoms with Gasteiger partial charge in [-0.3, -0.25) is 4.79 Å². The zero-order valence-corrected chi connectivity index (χ0v) is 10.2. The number of hydrogen-bond donors (Lipinski definition) is 0. The first-order valence-electron chi connectivity index (χ1n) is 6.42. The van der Waals surface area contributed by atoms with E-state index >= 15 is 0 Å². The number of hydrogen-bond acceptors (Lipinski definition) is 2. The van der Waals surface area contributed by atoms with Gasteiger partial charge >= 0.3 is 0 Å². The first kappa shape index (κ1) is 11.0. The average molecular weight is 230 g/mol. The molecule has 0 N–H and O–H groups in total. The summed E-state index contributed by atoms with van der Waals surface area (Å²) in [6.45, 7) is 2.51. The molecule has 1 atom stereocenters. The minimum atomic E-state index is -0.0604. The van der Waals surface area contributed by atoms with E-state index in [1.807, 2.05) is 0 Å². The van der Waals surface area contributed by atoms with Crippen LogP contribution in [0.1, 0.15) is 43.4 Å². The minimum absolute atomic E-state index is 0.0604. The van der Waals surface area contributed by atoms with E-state index in [0.29, 0.717) is 5.78 Å². The van der Waals surface area contributed by atoms with Gasteiger partial charge in [-0.1, -0.05) is 24.3 Å². The fraction of sp³-hybridized carbons (Fsp3) is 0.533. The maximum atomic E-state index is 11.7. The van der Waals surface area contributed by atoms with Gasteiger partial charge in [0.1, 0.15) is 5.78 Å². The van der Waals surface area contributed by atoms with Gasteiger partial charge in [-0.2, -0.15) is 0 Å². The van der Waals surface area contributed by atoms with Crippen molar-refractivity contribution in [2.45, 2.75) is 38.7 Å². The fourth-order valence-corrected chi connectivity index (χ4v) is 2.85. The molecule has 0 bridgehead atoms. The summed E-state index contributed by atoms with van der Waals surface area (Å²) in [6, 6.07) is 8.47. The molecule has 1 heterocycles. The van der Waals surface area contributed by atoms with Crippen LogP contribution >= 0.6 is 0 Å². The zero-order valence-electron chi connectivity index (χ0n) is 10.2. The van der Waals surface area contributed by atoms with E-state index in [2.05, 4.69) is 24.3 Å². The minimum Gasteiger partial charge on any atom is -0.373 e. The highest BCUT2D eigenvalue weighted by molar-refractivity contribution is 5.85. The maximum Gasteiger partial charge on any atom is 0.136 e. The predicted octanol–water partition coefficient (Wildman–Crippen LogP) is 3.06. The summed E-state index contributed by atoms with van der Waals surface area (Å²) in [5, 5.41) is 0. The Morgan fingerprint density at radius 3 is 2.88 bits per heavy atom. The molecule has 1 aliphatic carbocycles. The van der Waals surface area contributed by atoms with E-state index in [-0.39, 0.29) is 11.5 Å². The Kier molecular flexibility index (Phi) is 2.55. The van der Waals surface area contributed by atoms with E-state index in [4.69, 9.17) is 4.74 Å². The molecule has 1 unspecified atom stereocenters. The van der Waals surface area contributed by atoms with E-state index in [9.17, 15) is 4.79 Å². The molecule has 1 aliphatic heterocycles. The number of ether oxygens (including phenoxy) is 1. The highest BCUT2D eigenvalue weighted by Gasteiger charge is 2.49. The van der Waals surface area contributed by atoms with Crippen molar-refractivity contribution in [3.63, 3.8) is 0 Å². The second-order valence-corrected chi connectivity index (χ2v) is 5.35. The Hall–Kier alpha value is -1.15. The summed E-state index contributed by atoms with van der Waals surface area (Å²) in [4.78, 5) is 11.7. The van der Waals surface area contributed by atoms with Crippen molar-refractivity contribution in [3.05, 3.63) is 35.4 Å². The quantitative estimate of drug-likeness (QED) is 0.797. The second-order valence-electron chi connectivity index (χ2n) is 5.35. The third-order valence-corrected chi connectivity index (χ3v) is 4.27. The highest BCUT2D eigenvalue weighted by atomic mass is 16.5. The molecule has 90 valence electrons. The van der Waals surface area contributed by atoms with Crippen LogP contribution in [0.5, 0.6) is 0 Å². The summed E-state index contributed by atoms with van der Waals surface area (Å²) in [6.07, 6.45) is 4.10. The van der Waals surface area contributed by atoms with Gasteiger partial charge in [-0.15, -0.1) is 0 Å². The molecular formula is C15H18O2. The molecule has 2 nitrogen and oxygen atoms in total. The van der Waals surface area contributed by atoms with Gasteiger partial charge in [-0.25, -0.2) is 0 Å². The van der Waals surface area contributed by atoms with Gasteiger partial charge in [0.25, 0.3) is 0 Å². The summed E-state index contributed by atoms with van der Waals surface area (Å²) < 4.78 is 5.88. The van der Waals surface area contributed by atoms with E-state index in [1.54, 1.807) is 6.92 Å². The summed E-state index contributed by atoms with van der Waals surface area (Å²) in [5.41, 5.74) is 2.63. The molecule has 3 rings (SSSR count). The van der Waals surface area contributed by atoms with Crippen molar-refractivity contribution in [1.29, 1.82) is 0 Å². The van der Waals surface area contributed by atoms with Crippen LogP contribution in [-0.2, 0) is 16.0 Å². The van der Waals surface area contributed by atoms with Gasteiger partial charge in [0.2, 0.25) is 0 Å². The van der Waals surface area contributed by atoms with Crippen molar-refractivity contribution in [2.24, 2.45) is 5.41 Å². The van der Waals surface area contributed by atoms with Crippen molar-refractivity contribution < 1.29 is 9.53 Å². The van der Waals surface area contributed by atoms with E-state index < -0.39 is 0 Å². The summed E-state index contributed by atoms with van der Waals surface area (Å²) in [7, 11) is 0. The van der Waals surface area contributed by atoms with Crippen LogP contribution in [-0.4, -0.2) is 12.4 Å². The lowest BCUT2D eigenvalue weighted by Gasteiger charge is -2.28. The average Bonchev–Trinajstić information content (AvgIpc) is 3.11. The Morgan fingerprint density at radius 2 is 2.18 bits per heavy atom. The monoisotopic (exact) mass is 230 g/mol. The van der Waals surface area contributed by atoms with Crippen LogP contribution in [0.4, 0.5) is 0 Å². The van der Waals surface area contributed by atoms with E-state index in [1.165, 1.54) is 11.1 Å². The molecular weight excluding hydrogens is 212 g/mol. The lowest BCUT2D eigenvalue weighted by atomic mass is 9.87. The van der Waals surface area contributed by atoms with Crippen LogP contribution in [0, 0.1) is 5.41 Å². The summed E-state index contributed by atoms with van der Waals surface area (Å²) in [5.74, 6) is 0.337. The molecule has 1 aromatic rings. The van der Waals surface area contributed by atoms with Crippen molar-refractivity contribution in [2.75, 3.05) is 6.61 Å². The number of benzene rings is 1. The number of rotatable bonds is 3. The van der Waals surface area contributed by atoms with Crippen LogP contribution in [0.15, 0.2) is 24.3 Å². The van der Waals surface area contributed by atoms with E-state index in [0.717, 1.165) is 32.3 Å². The van der Waals surface area contributed by atoms with Gasteiger partial charge < -0.3 is 4.74 Å². The Morgan fingerprint density at radius 1 is 1.41 bits per heavy atom. The van der Waals surface area contributed by atoms with Gasteiger partial charge in [0.15, 0.2) is 0 Å². The number of ketones is 1. The molecule has 1 saturated carbocycles. The van der Waals surface area contributed by atoms with Crippen LogP contribution in [0.3, 0.4) is 0 Å². The predicted molar refractivity (Wildman–Crippen MR) is 65.8 cm³/mol. The molecule has 1 fully saturated rings. The molecule has 0 aromatic heterocycles. The first-order valence-corrected chi connectivity index (χ1v) is 6.42. The fourth-order valence-electron chi connectivity index (χ4n) is 2.85. The van der Waals surface area contributed by atoms with Gasteiger partial charge in [0.05, 0.1) is 12.7 Å². The molecule has 0 spiro atoms. The molecule has 0 radical (unpaired) electrons. The molecule has 0 saturated heterocycles. The molecule has 0 amide bonds. The third kappa shape index (κ3) is 1.91. The number of Topliss-reactive ketones (excluding diaryl/α,β-unsaturated/α-hetero) is 1. The highest BCUT2D eigenvalue weighted by Crippen LogP contribution is 2.53. The summed E-state index contributed by atoms with van der Waals surface area (Å²) >= 11 is 0. The Labute approximate surface area is 102 Å². The van der Waals surface area contributed by atoms with Crippen LogP contribution in [0.2, 0.25) is 0 Å². The normalized spacial score (nSPS) is 25.1. The lowest BCUT2D eigenvalue weighted by Crippen LogP contribution is -2.22. The van der Waals surface area contributed by atoms with Gasteiger partial charge in [0, 0.05) is 5.41 Å².